The lowest BCUT2D eigenvalue weighted by molar-refractivity contribution is -0.118. The van der Waals surface area contributed by atoms with Crippen molar-refractivity contribution < 1.29 is 4.79 Å². The number of benzene rings is 2. The molecule has 4 aromatic rings. The fourth-order valence-corrected chi connectivity index (χ4v) is 5.58. The summed E-state index contributed by atoms with van der Waals surface area (Å²) < 4.78 is 0. The van der Waals surface area contributed by atoms with Crippen molar-refractivity contribution in [3.8, 4) is 11.1 Å². The number of para-hydroxylation sites is 1. The van der Waals surface area contributed by atoms with Crippen molar-refractivity contribution in [1.82, 2.24) is 15.0 Å². The summed E-state index contributed by atoms with van der Waals surface area (Å²) in [4.78, 5) is 28.2. The molecule has 0 radical (unpaired) electrons. The Morgan fingerprint density at radius 1 is 0.886 bits per heavy atom. The zero-order chi connectivity index (χ0) is 24.4. The largest absolute Gasteiger partial charge is 0.271 e. The van der Waals surface area contributed by atoms with E-state index in [4.69, 9.17) is 15.0 Å². The first-order valence-electron chi connectivity index (χ1n) is 11.6. The van der Waals surface area contributed by atoms with E-state index >= 15 is 0 Å². The van der Waals surface area contributed by atoms with Crippen LogP contribution in [0.15, 0.2) is 82.0 Å². The fraction of sp³-hybridized carbons (Fsp3) is 0.222. The highest BCUT2D eigenvalue weighted by Gasteiger charge is 2.37. The van der Waals surface area contributed by atoms with E-state index in [-0.39, 0.29) is 5.91 Å². The predicted molar refractivity (Wildman–Crippen MR) is 145 cm³/mol. The number of carbonyl (C=O) groups is 1. The van der Waals surface area contributed by atoms with Crippen LogP contribution in [0.2, 0.25) is 0 Å². The first-order chi connectivity index (χ1) is 17.1. The lowest BCUT2D eigenvalue weighted by atomic mass is 9.95. The summed E-state index contributed by atoms with van der Waals surface area (Å²) in [7, 11) is 0. The zero-order valence-electron chi connectivity index (χ0n) is 19.8. The van der Waals surface area contributed by atoms with Crippen LogP contribution in [0.1, 0.15) is 32.4 Å². The van der Waals surface area contributed by atoms with Gasteiger partial charge in [0, 0.05) is 0 Å². The highest BCUT2D eigenvalue weighted by Crippen LogP contribution is 2.38. The summed E-state index contributed by atoms with van der Waals surface area (Å²) in [5, 5.41) is 8.61. The molecule has 5 rings (SSSR count). The van der Waals surface area contributed by atoms with Crippen molar-refractivity contribution in [3.63, 3.8) is 0 Å². The van der Waals surface area contributed by atoms with Gasteiger partial charge in [-0.25, -0.2) is 15.0 Å². The quantitative estimate of drug-likeness (QED) is 0.166. The second-order valence-corrected chi connectivity index (χ2v) is 10.5. The van der Waals surface area contributed by atoms with Crippen molar-refractivity contribution in [2.24, 2.45) is 5.10 Å². The van der Waals surface area contributed by atoms with Gasteiger partial charge in [0.1, 0.15) is 10.9 Å². The molecule has 0 bridgehead atoms. The predicted octanol–water partition coefficient (Wildman–Crippen LogP) is 6.42. The van der Waals surface area contributed by atoms with E-state index in [0.29, 0.717) is 22.2 Å². The van der Waals surface area contributed by atoms with Gasteiger partial charge >= 0.3 is 0 Å². The van der Waals surface area contributed by atoms with Crippen LogP contribution in [0.4, 0.5) is 5.69 Å². The van der Waals surface area contributed by atoms with Crippen LogP contribution < -0.4 is 5.01 Å². The molecule has 0 fully saturated rings. The molecule has 3 heterocycles. The van der Waals surface area contributed by atoms with E-state index in [9.17, 15) is 4.79 Å². The molecule has 1 unspecified atom stereocenters. The van der Waals surface area contributed by atoms with Gasteiger partial charge in [-0.1, -0.05) is 74.1 Å². The second-order valence-electron chi connectivity index (χ2n) is 8.00. The van der Waals surface area contributed by atoms with Crippen LogP contribution in [0.5, 0.6) is 0 Å². The molecule has 0 N–H and O–H groups in total. The van der Waals surface area contributed by atoms with Crippen molar-refractivity contribution in [2.45, 2.75) is 36.9 Å². The van der Waals surface area contributed by atoms with Gasteiger partial charge in [0.25, 0.3) is 5.91 Å². The molecule has 0 aliphatic carbocycles. The number of hydrogen-bond acceptors (Lipinski definition) is 7. The summed E-state index contributed by atoms with van der Waals surface area (Å²) in [6.45, 7) is 6.08. The number of fused-ring (bicyclic) bond motifs is 1. The van der Waals surface area contributed by atoms with Gasteiger partial charge < -0.3 is 0 Å². The van der Waals surface area contributed by atoms with Gasteiger partial charge in [0.05, 0.1) is 22.5 Å². The zero-order valence-corrected chi connectivity index (χ0v) is 21.4. The Morgan fingerprint density at radius 2 is 1.57 bits per heavy atom. The molecule has 2 aromatic heterocycles. The first kappa shape index (κ1) is 23.5. The minimum atomic E-state index is -0.568. The highest BCUT2D eigenvalue weighted by molar-refractivity contribution is 7.99. The molecule has 1 aliphatic rings. The molecule has 2 aromatic carbocycles. The summed E-state index contributed by atoms with van der Waals surface area (Å²) in [6.07, 6.45) is 0. The highest BCUT2D eigenvalue weighted by atomic mass is 32.2. The third-order valence-corrected chi connectivity index (χ3v) is 7.29. The maximum atomic E-state index is 13.6. The van der Waals surface area contributed by atoms with Crippen LogP contribution in [0.3, 0.4) is 0 Å². The second kappa shape index (κ2) is 10.2. The molecule has 176 valence electrons. The van der Waals surface area contributed by atoms with E-state index in [2.05, 4.69) is 31.1 Å². The fourth-order valence-electron chi connectivity index (χ4n) is 4.19. The molecule has 0 saturated carbocycles. The number of rotatable bonds is 7. The van der Waals surface area contributed by atoms with Crippen molar-refractivity contribution in [2.75, 3.05) is 16.5 Å². The van der Waals surface area contributed by atoms with E-state index in [1.807, 2.05) is 61.5 Å². The van der Waals surface area contributed by atoms with E-state index in [0.717, 1.165) is 38.7 Å². The Hall–Kier alpha value is -3.23. The SMILES string of the molecule is CCSc1nc(SCC)c2c(-c3ccccc3)cc(C3C(=O)N(c4ccccc4)N=C3C)nc2n1. The summed E-state index contributed by atoms with van der Waals surface area (Å²) in [5.74, 6) is 1.07. The smallest absolute Gasteiger partial charge is 0.262 e. The van der Waals surface area contributed by atoms with E-state index < -0.39 is 5.92 Å². The number of thioether (sulfide) groups is 2. The minimum absolute atomic E-state index is 0.111. The maximum absolute atomic E-state index is 13.6. The molecular weight excluding hydrogens is 474 g/mol. The Morgan fingerprint density at radius 3 is 2.26 bits per heavy atom. The number of pyridine rings is 1. The maximum Gasteiger partial charge on any atom is 0.262 e. The number of aromatic nitrogens is 3. The third kappa shape index (κ3) is 4.56. The van der Waals surface area contributed by atoms with E-state index in [1.165, 1.54) is 5.01 Å². The molecule has 0 spiro atoms. The van der Waals surface area contributed by atoms with Crippen LogP contribution >= 0.6 is 23.5 Å². The Labute approximate surface area is 213 Å². The Kier molecular flexibility index (Phi) is 6.83. The number of anilines is 1. The topological polar surface area (TPSA) is 71.3 Å². The summed E-state index contributed by atoms with van der Waals surface area (Å²) in [5.41, 5.74) is 4.74. The van der Waals surface area contributed by atoms with Crippen LogP contribution in [-0.4, -0.2) is 38.1 Å². The van der Waals surface area contributed by atoms with E-state index in [1.54, 1.807) is 23.5 Å². The Balaban J connectivity index is 1.71. The molecule has 0 saturated heterocycles. The number of carbonyl (C=O) groups excluding carboxylic acids is 1. The molecular formula is C27H25N5OS2. The normalized spacial score (nSPS) is 15.6. The lowest BCUT2D eigenvalue weighted by Gasteiger charge is -2.17. The molecule has 1 amide bonds. The number of hydrazone groups is 1. The van der Waals surface area contributed by atoms with Gasteiger partial charge in [-0.05, 0) is 47.8 Å². The first-order valence-corrected chi connectivity index (χ1v) is 13.6. The Bertz CT molecular complexity index is 1410. The number of nitrogens with zero attached hydrogens (tertiary/aromatic N) is 5. The molecule has 1 aliphatic heterocycles. The monoisotopic (exact) mass is 499 g/mol. The average Bonchev–Trinajstić information content (AvgIpc) is 3.18. The van der Waals surface area contributed by atoms with Crippen LogP contribution in [0, 0.1) is 0 Å². The molecule has 35 heavy (non-hydrogen) atoms. The van der Waals surface area contributed by atoms with Gasteiger partial charge in [-0.3, -0.25) is 4.79 Å². The van der Waals surface area contributed by atoms with Crippen molar-refractivity contribution >= 4 is 51.9 Å². The molecule has 6 nitrogen and oxygen atoms in total. The number of hydrogen-bond donors (Lipinski definition) is 0. The van der Waals surface area contributed by atoms with Crippen LogP contribution in [-0.2, 0) is 4.79 Å². The third-order valence-electron chi connectivity index (χ3n) is 5.70. The molecule has 1 atom stereocenters. The summed E-state index contributed by atoms with van der Waals surface area (Å²) >= 11 is 3.28. The van der Waals surface area contributed by atoms with Crippen molar-refractivity contribution in [1.29, 1.82) is 0 Å². The van der Waals surface area contributed by atoms with Gasteiger partial charge in [-0.2, -0.15) is 10.1 Å². The minimum Gasteiger partial charge on any atom is -0.271 e. The van der Waals surface area contributed by atoms with Gasteiger partial charge in [0.2, 0.25) is 0 Å². The molecule has 8 heteroatoms. The van der Waals surface area contributed by atoms with Gasteiger partial charge in [0.15, 0.2) is 10.8 Å². The number of amides is 1. The standard InChI is InChI=1S/C27H25N5OS2/c1-4-34-25-23-20(18-12-8-6-9-13-18)16-21(28-24(23)29-27(30-25)35-5-2)22-17(3)31-32(26(22)33)19-14-10-7-11-15-19/h6-16,22H,4-5H2,1-3H3. The average molecular weight is 500 g/mol. The van der Waals surface area contributed by atoms with Gasteiger partial charge in [-0.15, -0.1) is 11.8 Å². The van der Waals surface area contributed by atoms with Crippen LogP contribution in [0.25, 0.3) is 22.2 Å². The lowest BCUT2D eigenvalue weighted by Crippen LogP contribution is -2.26. The summed E-state index contributed by atoms with van der Waals surface area (Å²) in [6, 6.07) is 21.7. The van der Waals surface area contributed by atoms with Crippen molar-refractivity contribution in [3.05, 3.63) is 72.4 Å².